The van der Waals surface area contributed by atoms with Crippen molar-refractivity contribution < 1.29 is 37.2 Å². The van der Waals surface area contributed by atoms with Gasteiger partial charge in [-0.25, -0.2) is 9.55 Å². The minimum absolute atomic E-state index is 0.369. The summed E-state index contributed by atoms with van der Waals surface area (Å²) in [6, 6.07) is 7.69. The highest BCUT2D eigenvalue weighted by molar-refractivity contribution is 6.49. The van der Waals surface area contributed by atoms with Crippen molar-refractivity contribution in [2.45, 2.75) is 6.18 Å². The number of benzene rings is 1. The second-order valence-corrected chi connectivity index (χ2v) is 6.00. The number of rotatable bonds is 2. The number of H-pyrrole nitrogens is 2. The van der Waals surface area contributed by atoms with E-state index in [1.54, 1.807) is 23.3 Å². The van der Waals surface area contributed by atoms with Crippen LogP contribution in [0.3, 0.4) is 0 Å². The molecule has 0 saturated heterocycles. The van der Waals surface area contributed by atoms with Crippen molar-refractivity contribution in [3.05, 3.63) is 54.2 Å². The smallest absolute Gasteiger partial charge is 0.430 e. The molecule has 1 aromatic carbocycles. The van der Waals surface area contributed by atoms with Crippen molar-refractivity contribution in [3.63, 3.8) is 0 Å². The number of carbonyl (C=O) groups is 3. The molecular formula is C18H13F3N4O4. The van der Waals surface area contributed by atoms with Crippen LogP contribution in [0.25, 0.3) is 22.0 Å². The Morgan fingerprint density at radius 2 is 1.69 bits per heavy atom. The van der Waals surface area contributed by atoms with Gasteiger partial charge in [-0.1, -0.05) is 18.2 Å². The van der Waals surface area contributed by atoms with E-state index in [-0.39, 0.29) is 11.8 Å². The fraction of sp³-hybridized carbons (Fsp3) is 0.111. The molecule has 8 nitrogen and oxygen atoms in total. The average Bonchev–Trinajstić information content (AvgIpc) is 3.31. The van der Waals surface area contributed by atoms with Gasteiger partial charge in [-0.3, -0.25) is 14.9 Å². The van der Waals surface area contributed by atoms with Crippen LogP contribution in [0.4, 0.5) is 13.2 Å². The summed E-state index contributed by atoms with van der Waals surface area (Å²) in [5.41, 5.74) is 3.12. The predicted octanol–water partition coefficient (Wildman–Crippen LogP) is 0.186. The maximum atomic E-state index is 12.3. The molecule has 0 fully saturated rings. The molecule has 29 heavy (non-hydrogen) atoms. The van der Waals surface area contributed by atoms with Crippen molar-refractivity contribution in [1.82, 2.24) is 15.3 Å². The summed E-state index contributed by atoms with van der Waals surface area (Å²) in [4.78, 5) is 39.4. The Morgan fingerprint density at radius 1 is 1.07 bits per heavy atom. The van der Waals surface area contributed by atoms with Crippen molar-refractivity contribution in [1.29, 1.82) is 0 Å². The average molecular weight is 406 g/mol. The van der Waals surface area contributed by atoms with E-state index < -0.39 is 12.1 Å². The quantitative estimate of drug-likeness (QED) is 0.415. The van der Waals surface area contributed by atoms with Gasteiger partial charge >= 0.3 is 6.18 Å². The number of aromatic nitrogens is 3. The Balaban J connectivity index is 0.000000298. The SMILES string of the molecule is C[n+]1c[nH]cc1C1=C(c2c[nH]c3ccccc23)C(=O)NC1=O.O=C([O-])C(F)(F)F. The third-order valence-corrected chi connectivity index (χ3v) is 4.15. The molecule has 3 aromatic rings. The van der Waals surface area contributed by atoms with E-state index in [2.05, 4.69) is 15.3 Å². The first kappa shape index (κ1) is 19.9. The number of carboxylic acids is 1. The lowest BCUT2D eigenvalue weighted by Gasteiger charge is -2.03. The Hall–Kier alpha value is -3.89. The van der Waals surface area contributed by atoms with E-state index >= 15 is 0 Å². The molecular weight excluding hydrogens is 393 g/mol. The van der Waals surface area contributed by atoms with Gasteiger partial charge in [0.25, 0.3) is 11.8 Å². The predicted molar refractivity (Wildman–Crippen MR) is 91.3 cm³/mol. The topological polar surface area (TPSA) is 122 Å². The molecule has 3 N–H and O–H groups in total. The molecule has 0 radical (unpaired) electrons. The second kappa shape index (κ2) is 7.26. The number of aliphatic carboxylic acids is 1. The number of imide groups is 1. The van der Waals surface area contributed by atoms with Crippen molar-refractivity contribution >= 4 is 39.8 Å². The van der Waals surface area contributed by atoms with Gasteiger partial charge in [0.05, 0.1) is 12.6 Å². The number of hydrogen-bond donors (Lipinski definition) is 3. The van der Waals surface area contributed by atoms with Crippen LogP contribution >= 0.6 is 0 Å². The molecule has 0 aliphatic carbocycles. The minimum Gasteiger partial charge on any atom is -0.542 e. The fourth-order valence-electron chi connectivity index (χ4n) is 2.88. The lowest BCUT2D eigenvalue weighted by molar-refractivity contribution is -0.672. The maximum Gasteiger partial charge on any atom is 0.430 e. The molecule has 2 amide bonds. The van der Waals surface area contributed by atoms with Gasteiger partial charge in [-0.2, -0.15) is 13.2 Å². The number of hydrogen-bond acceptors (Lipinski definition) is 4. The monoisotopic (exact) mass is 406 g/mol. The summed E-state index contributed by atoms with van der Waals surface area (Å²) < 4.78 is 33.3. The summed E-state index contributed by atoms with van der Waals surface area (Å²) in [5.74, 6) is -3.75. The van der Waals surface area contributed by atoms with Gasteiger partial charge in [-0.05, 0) is 6.07 Å². The van der Waals surface area contributed by atoms with E-state index in [1.165, 1.54) is 0 Å². The number of carboxylic acid groups (broad SMARTS) is 1. The Labute approximate surface area is 160 Å². The van der Waals surface area contributed by atoms with Crippen molar-refractivity contribution in [3.8, 4) is 0 Å². The largest absolute Gasteiger partial charge is 0.542 e. The first-order valence-electron chi connectivity index (χ1n) is 8.08. The lowest BCUT2D eigenvalue weighted by Crippen LogP contribution is -2.37. The molecule has 0 unspecified atom stereocenters. The van der Waals surface area contributed by atoms with E-state index in [4.69, 9.17) is 9.90 Å². The zero-order chi connectivity index (χ0) is 21.3. The normalized spacial score (nSPS) is 14.1. The summed E-state index contributed by atoms with van der Waals surface area (Å²) in [7, 11) is 1.82. The summed E-state index contributed by atoms with van der Waals surface area (Å²) >= 11 is 0. The van der Waals surface area contributed by atoms with Crippen LogP contribution in [-0.2, 0) is 21.4 Å². The number of alkyl halides is 3. The highest BCUT2D eigenvalue weighted by Gasteiger charge is 2.36. The molecule has 1 aliphatic heterocycles. The van der Waals surface area contributed by atoms with Crippen molar-refractivity contribution in [2.75, 3.05) is 0 Å². The van der Waals surface area contributed by atoms with E-state index in [9.17, 15) is 22.8 Å². The zero-order valence-corrected chi connectivity index (χ0v) is 14.8. The Morgan fingerprint density at radius 3 is 2.28 bits per heavy atom. The van der Waals surface area contributed by atoms with E-state index in [0.29, 0.717) is 16.8 Å². The number of amides is 2. The molecule has 0 atom stereocenters. The summed E-state index contributed by atoms with van der Waals surface area (Å²) in [5, 5.41) is 12.1. The first-order valence-corrected chi connectivity index (χ1v) is 8.08. The van der Waals surface area contributed by atoms with Crippen LogP contribution < -0.4 is 15.0 Å². The minimum atomic E-state index is -5.19. The number of para-hydroxylation sites is 1. The Bertz CT molecular complexity index is 1160. The molecule has 1 aliphatic rings. The number of nitrogens with one attached hydrogen (secondary N) is 3. The molecule has 4 rings (SSSR count). The molecule has 150 valence electrons. The summed E-state index contributed by atoms with van der Waals surface area (Å²) in [6.07, 6.45) is 0.0123. The van der Waals surface area contributed by atoms with E-state index in [0.717, 1.165) is 16.5 Å². The Kier molecular flexibility index (Phi) is 4.97. The third-order valence-electron chi connectivity index (χ3n) is 4.15. The number of nitrogens with zero attached hydrogens (tertiary/aromatic N) is 1. The van der Waals surface area contributed by atoms with Crippen LogP contribution in [0.15, 0.2) is 43.0 Å². The first-order chi connectivity index (χ1) is 13.6. The van der Waals surface area contributed by atoms with Gasteiger partial charge in [0, 0.05) is 22.7 Å². The van der Waals surface area contributed by atoms with Gasteiger partial charge in [-0.15, -0.1) is 0 Å². The maximum absolute atomic E-state index is 12.3. The second-order valence-electron chi connectivity index (χ2n) is 6.00. The van der Waals surface area contributed by atoms with Gasteiger partial charge in [0.1, 0.15) is 17.7 Å². The summed E-state index contributed by atoms with van der Waals surface area (Å²) in [6.45, 7) is 0. The number of carbonyl (C=O) groups excluding carboxylic acids is 3. The number of fused-ring (bicyclic) bond motifs is 1. The molecule has 0 bridgehead atoms. The van der Waals surface area contributed by atoms with Crippen LogP contribution in [0.1, 0.15) is 11.3 Å². The third kappa shape index (κ3) is 3.74. The van der Waals surface area contributed by atoms with Crippen LogP contribution in [-0.4, -0.2) is 33.9 Å². The van der Waals surface area contributed by atoms with Gasteiger partial charge in [0.2, 0.25) is 6.33 Å². The van der Waals surface area contributed by atoms with Crippen LogP contribution in [0.5, 0.6) is 0 Å². The lowest BCUT2D eigenvalue weighted by atomic mass is 9.99. The molecule has 0 spiro atoms. The highest BCUT2D eigenvalue weighted by Crippen LogP contribution is 2.33. The van der Waals surface area contributed by atoms with Gasteiger partial charge in [0.15, 0.2) is 5.69 Å². The molecule has 11 heteroatoms. The number of aromatic amines is 2. The zero-order valence-electron chi connectivity index (χ0n) is 14.8. The van der Waals surface area contributed by atoms with Gasteiger partial charge < -0.3 is 14.9 Å². The number of halogens is 3. The number of aryl methyl sites for hydroxylation is 1. The highest BCUT2D eigenvalue weighted by atomic mass is 19.4. The molecule has 0 saturated carbocycles. The molecule has 3 heterocycles. The van der Waals surface area contributed by atoms with Crippen LogP contribution in [0.2, 0.25) is 0 Å². The standard InChI is InChI=1S/C16H12N4O2.C2HF3O2/c1-20-8-17-7-12(20)14-13(15(21)19-16(14)22)10-6-18-11-5-3-2-4-9(10)11;3-2(4,5)1(6)7/h2-8H,1H3,(H2,18,19,21,22);(H,6,7). The fourth-order valence-corrected chi connectivity index (χ4v) is 2.88. The molecule has 2 aromatic heterocycles. The van der Waals surface area contributed by atoms with E-state index in [1.807, 2.05) is 31.3 Å². The van der Waals surface area contributed by atoms with Crippen LogP contribution in [0, 0.1) is 0 Å². The number of imidazole rings is 1. The van der Waals surface area contributed by atoms with Crippen molar-refractivity contribution in [2.24, 2.45) is 7.05 Å².